The molecular weight excluding hydrogens is 355 g/mol. The van der Waals surface area contributed by atoms with E-state index in [1.807, 2.05) is 6.07 Å². The number of rotatable bonds is 5. The molecule has 7 heteroatoms. The van der Waals surface area contributed by atoms with Crippen molar-refractivity contribution in [3.8, 4) is 17.2 Å². The predicted molar refractivity (Wildman–Crippen MR) is 89.3 cm³/mol. The van der Waals surface area contributed by atoms with E-state index < -0.39 is 12.1 Å². The van der Waals surface area contributed by atoms with Crippen molar-refractivity contribution in [2.75, 3.05) is 19.8 Å². The van der Waals surface area contributed by atoms with E-state index in [-0.39, 0.29) is 19.8 Å². The Morgan fingerprint density at radius 2 is 1.92 bits per heavy atom. The van der Waals surface area contributed by atoms with Gasteiger partial charge in [-0.25, -0.2) is 4.79 Å². The van der Waals surface area contributed by atoms with Gasteiger partial charge in [0, 0.05) is 5.02 Å². The molecule has 1 atom stereocenters. The molecule has 1 heterocycles. The van der Waals surface area contributed by atoms with Crippen LogP contribution in [0.3, 0.4) is 0 Å². The van der Waals surface area contributed by atoms with Crippen LogP contribution in [0.25, 0.3) is 0 Å². The third kappa shape index (κ3) is 4.04. The third-order valence-electron chi connectivity index (χ3n) is 3.25. The molecule has 0 aromatic heterocycles. The van der Waals surface area contributed by atoms with Crippen LogP contribution in [0.1, 0.15) is 0 Å². The minimum atomic E-state index is -0.793. The fourth-order valence-electron chi connectivity index (χ4n) is 2.11. The number of para-hydroxylation sites is 2. The average molecular weight is 369 g/mol. The Morgan fingerprint density at radius 1 is 1.12 bits per heavy atom. The maximum Gasteiger partial charge on any atom is 0.351 e. The first-order chi connectivity index (χ1) is 11.6. The summed E-state index contributed by atoms with van der Waals surface area (Å²) in [6.07, 6.45) is -0.793. The van der Waals surface area contributed by atoms with E-state index in [0.717, 1.165) is 0 Å². The van der Waals surface area contributed by atoms with Gasteiger partial charge in [0.05, 0.1) is 5.02 Å². The van der Waals surface area contributed by atoms with Gasteiger partial charge in [-0.3, -0.25) is 0 Å². The van der Waals surface area contributed by atoms with Gasteiger partial charge in [0.25, 0.3) is 0 Å². The van der Waals surface area contributed by atoms with Crippen LogP contribution < -0.4 is 14.2 Å². The molecule has 0 spiro atoms. The number of halogens is 2. The first kappa shape index (κ1) is 16.7. The molecule has 1 unspecified atom stereocenters. The van der Waals surface area contributed by atoms with Crippen molar-refractivity contribution in [2.45, 2.75) is 6.10 Å². The number of esters is 1. The molecule has 2 aromatic rings. The fraction of sp³-hybridized carbons (Fsp3) is 0.235. The van der Waals surface area contributed by atoms with Gasteiger partial charge < -0.3 is 18.9 Å². The summed E-state index contributed by atoms with van der Waals surface area (Å²) >= 11 is 11.8. The Bertz CT molecular complexity index is 735. The van der Waals surface area contributed by atoms with Crippen LogP contribution in [-0.4, -0.2) is 31.9 Å². The van der Waals surface area contributed by atoms with E-state index in [9.17, 15) is 4.79 Å². The second-order valence-corrected chi connectivity index (χ2v) is 5.80. The zero-order chi connectivity index (χ0) is 16.9. The average Bonchev–Trinajstić information content (AvgIpc) is 2.59. The SMILES string of the molecule is O=C(OCCOc1ccc(Cl)cc1Cl)C1COc2ccccc2O1. The summed E-state index contributed by atoms with van der Waals surface area (Å²) < 4.78 is 21.6. The van der Waals surface area contributed by atoms with Gasteiger partial charge >= 0.3 is 5.97 Å². The smallest absolute Gasteiger partial charge is 0.351 e. The van der Waals surface area contributed by atoms with Gasteiger partial charge in [0.15, 0.2) is 11.5 Å². The van der Waals surface area contributed by atoms with Crippen LogP contribution in [0.2, 0.25) is 10.0 Å². The molecule has 1 aliphatic rings. The second-order valence-electron chi connectivity index (χ2n) is 4.95. The van der Waals surface area contributed by atoms with Gasteiger partial charge in [0.2, 0.25) is 6.10 Å². The highest BCUT2D eigenvalue weighted by Gasteiger charge is 2.28. The van der Waals surface area contributed by atoms with Crippen LogP contribution in [0.15, 0.2) is 42.5 Å². The van der Waals surface area contributed by atoms with Gasteiger partial charge in [-0.1, -0.05) is 35.3 Å². The Hall–Kier alpha value is -2.11. The van der Waals surface area contributed by atoms with Crippen molar-refractivity contribution < 1.29 is 23.7 Å². The lowest BCUT2D eigenvalue weighted by Gasteiger charge is -2.24. The number of ether oxygens (including phenoxy) is 4. The predicted octanol–water partition coefficient (Wildman–Crippen LogP) is 3.76. The maximum atomic E-state index is 12.0. The lowest BCUT2D eigenvalue weighted by Crippen LogP contribution is -2.38. The molecule has 1 aliphatic heterocycles. The number of carbonyl (C=O) groups is 1. The largest absolute Gasteiger partial charge is 0.488 e. The zero-order valence-corrected chi connectivity index (χ0v) is 14.0. The minimum absolute atomic E-state index is 0.0687. The van der Waals surface area contributed by atoms with Crippen LogP contribution in [-0.2, 0) is 9.53 Å². The summed E-state index contributed by atoms with van der Waals surface area (Å²) in [5.41, 5.74) is 0. The Balaban J connectivity index is 1.45. The van der Waals surface area contributed by atoms with Gasteiger partial charge in [-0.2, -0.15) is 0 Å². The Morgan fingerprint density at radius 3 is 2.71 bits per heavy atom. The first-order valence-corrected chi connectivity index (χ1v) is 8.02. The van der Waals surface area contributed by atoms with Crippen molar-refractivity contribution in [3.05, 3.63) is 52.5 Å². The number of benzene rings is 2. The molecule has 0 amide bonds. The van der Waals surface area contributed by atoms with Crippen molar-refractivity contribution >= 4 is 29.2 Å². The normalized spacial score (nSPS) is 15.7. The molecule has 0 aliphatic carbocycles. The molecule has 0 saturated carbocycles. The molecule has 3 rings (SSSR count). The van der Waals surface area contributed by atoms with Crippen molar-refractivity contribution in [3.63, 3.8) is 0 Å². The molecule has 24 heavy (non-hydrogen) atoms. The molecule has 126 valence electrons. The Kier molecular flexibility index (Phi) is 5.33. The second kappa shape index (κ2) is 7.64. The zero-order valence-electron chi connectivity index (χ0n) is 12.5. The lowest BCUT2D eigenvalue weighted by molar-refractivity contribution is -0.155. The summed E-state index contributed by atoms with van der Waals surface area (Å²) in [6.45, 7) is 0.344. The highest BCUT2D eigenvalue weighted by Crippen LogP contribution is 2.31. The van der Waals surface area contributed by atoms with E-state index in [1.165, 1.54) is 0 Å². The van der Waals surface area contributed by atoms with Crippen molar-refractivity contribution in [1.29, 1.82) is 0 Å². The first-order valence-electron chi connectivity index (χ1n) is 7.26. The summed E-state index contributed by atoms with van der Waals surface area (Å²) in [5, 5.41) is 0.919. The number of hydrogen-bond donors (Lipinski definition) is 0. The van der Waals surface area contributed by atoms with Crippen LogP contribution >= 0.6 is 23.2 Å². The van der Waals surface area contributed by atoms with E-state index >= 15 is 0 Å². The summed E-state index contributed by atoms with van der Waals surface area (Å²) in [4.78, 5) is 12.0. The van der Waals surface area contributed by atoms with Gasteiger partial charge in [-0.15, -0.1) is 0 Å². The quantitative estimate of drug-likeness (QED) is 0.594. The molecule has 0 N–H and O–H groups in total. The fourth-order valence-corrected chi connectivity index (χ4v) is 2.58. The maximum absolute atomic E-state index is 12.0. The van der Waals surface area contributed by atoms with E-state index in [4.69, 9.17) is 42.1 Å². The van der Waals surface area contributed by atoms with Crippen LogP contribution in [0.5, 0.6) is 17.2 Å². The molecule has 0 fully saturated rings. The van der Waals surface area contributed by atoms with Crippen LogP contribution in [0, 0.1) is 0 Å². The number of fused-ring (bicyclic) bond motifs is 1. The van der Waals surface area contributed by atoms with E-state index in [0.29, 0.717) is 27.3 Å². The monoisotopic (exact) mass is 368 g/mol. The van der Waals surface area contributed by atoms with Crippen molar-refractivity contribution in [2.24, 2.45) is 0 Å². The molecule has 5 nitrogen and oxygen atoms in total. The molecule has 0 radical (unpaired) electrons. The van der Waals surface area contributed by atoms with Gasteiger partial charge in [-0.05, 0) is 30.3 Å². The van der Waals surface area contributed by atoms with E-state index in [2.05, 4.69) is 0 Å². The summed E-state index contributed by atoms with van der Waals surface area (Å²) in [6, 6.07) is 12.1. The molecular formula is C17H14Cl2O5. The highest BCUT2D eigenvalue weighted by atomic mass is 35.5. The molecule has 0 saturated heterocycles. The van der Waals surface area contributed by atoms with Crippen LogP contribution in [0.4, 0.5) is 0 Å². The standard InChI is InChI=1S/C17H14Cl2O5/c18-11-5-6-13(12(19)9-11)21-7-8-22-17(20)16-10-23-14-3-1-2-4-15(14)24-16/h1-6,9,16H,7-8,10H2. The molecule has 2 aromatic carbocycles. The number of carbonyl (C=O) groups excluding carboxylic acids is 1. The van der Waals surface area contributed by atoms with Gasteiger partial charge in [0.1, 0.15) is 25.6 Å². The third-order valence-corrected chi connectivity index (χ3v) is 3.78. The Labute approximate surface area is 149 Å². The highest BCUT2D eigenvalue weighted by molar-refractivity contribution is 6.35. The van der Waals surface area contributed by atoms with Crippen molar-refractivity contribution in [1.82, 2.24) is 0 Å². The van der Waals surface area contributed by atoms with E-state index in [1.54, 1.807) is 36.4 Å². The lowest BCUT2D eigenvalue weighted by atomic mass is 10.2. The summed E-state index contributed by atoms with van der Waals surface area (Å²) in [5.74, 6) is 1.11. The minimum Gasteiger partial charge on any atom is -0.488 e. The topological polar surface area (TPSA) is 54.0 Å². The molecule has 0 bridgehead atoms. The number of hydrogen-bond acceptors (Lipinski definition) is 5. The summed E-state index contributed by atoms with van der Waals surface area (Å²) in [7, 11) is 0.